The monoisotopic (exact) mass is 261 g/mol. The predicted octanol–water partition coefficient (Wildman–Crippen LogP) is 1.12. The van der Waals surface area contributed by atoms with Gasteiger partial charge in [0.15, 0.2) is 0 Å². The van der Waals surface area contributed by atoms with E-state index < -0.39 is 0 Å². The van der Waals surface area contributed by atoms with Gasteiger partial charge in [-0.15, -0.1) is 0 Å². The first-order valence-corrected chi connectivity index (χ1v) is 6.89. The number of likely N-dealkylation sites (N-methyl/N-ethyl adjacent to an activating group) is 2. The Hall–Kier alpha value is -1.55. The van der Waals surface area contributed by atoms with Gasteiger partial charge in [-0.05, 0) is 31.2 Å². The highest BCUT2D eigenvalue weighted by molar-refractivity contribution is 5.83. The molecular weight excluding hydrogens is 238 g/mol. The normalized spacial score (nSPS) is 19.9. The van der Waals surface area contributed by atoms with Gasteiger partial charge in [0.2, 0.25) is 5.91 Å². The fourth-order valence-corrected chi connectivity index (χ4v) is 2.50. The number of piperazine rings is 1. The van der Waals surface area contributed by atoms with Crippen LogP contribution in [0.4, 0.5) is 5.69 Å². The fourth-order valence-electron chi connectivity index (χ4n) is 2.50. The van der Waals surface area contributed by atoms with Gasteiger partial charge < -0.3 is 15.1 Å². The average Bonchev–Trinajstić information content (AvgIpc) is 2.44. The van der Waals surface area contributed by atoms with Crippen molar-refractivity contribution >= 4 is 11.6 Å². The Morgan fingerprint density at radius 1 is 1.32 bits per heavy atom. The second kappa shape index (κ2) is 6.06. The molecule has 0 saturated carbocycles. The van der Waals surface area contributed by atoms with Crippen LogP contribution < -0.4 is 10.2 Å². The van der Waals surface area contributed by atoms with Crippen LogP contribution in [0.5, 0.6) is 0 Å². The highest BCUT2D eigenvalue weighted by Crippen LogP contribution is 2.19. The number of hydrogen-bond acceptors (Lipinski definition) is 3. The maximum Gasteiger partial charge on any atom is 0.242 e. The van der Waals surface area contributed by atoms with Crippen molar-refractivity contribution in [1.82, 2.24) is 10.2 Å². The number of anilines is 1. The van der Waals surface area contributed by atoms with Crippen molar-refractivity contribution in [1.29, 1.82) is 0 Å². The molecule has 0 spiro atoms. The number of amides is 1. The van der Waals surface area contributed by atoms with E-state index in [2.05, 4.69) is 41.4 Å². The van der Waals surface area contributed by atoms with Crippen LogP contribution in [-0.2, 0) is 11.2 Å². The lowest BCUT2D eigenvalue weighted by Gasteiger charge is -2.40. The fraction of sp³-hybridized carbons (Fsp3) is 0.533. The number of aryl methyl sites for hydroxylation is 1. The molecule has 1 aromatic rings. The van der Waals surface area contributed by atoms with Crippen molar-refractivity contribution in [3.05, 3.63) is 29.8 Å². The molecule has 2 rings (SSSR count). The van der Waals surface area contributed by atoms with E-state index in [0.717, 1.165) is 25.2 Å². The van der Waals surface area contributed by atoms with Gasteiger partial charge in [0.05, 0.1) is 12.6 Å². The Balaban J connectivity index is 2.12. The van der Waals surface area contributed by atoms with Crippen LogP contribution in [-0.4, -0.2) is 50.6 Å². The first-order valence-electron chi connectivity index (χ1n) is 6.89. The Labute approximate surface area is 115 Å². The van der Waals surface area contributed by atoms with Crippen LogP contribution in [0.3, 0.4) is 0 Å². The van der Waals surface area contributed by atoms with Gasteiger partial charge >= 0.3 is 0 Å². The summed E-state index contributed by atoms with van der Waals surface area (Å²) in [6.07, 6.45) is 1.05. The molecule has 1 N–H and O–H groups in total. The van der Waals surface area contributed by atoms with Crippen molar-refractivity contribution < 1.29 is 4.79 Å². The van der Waals surface area contributed by atoms with Crippen molar-refractivity contribution in [3.63, 3.8) is 0 Å². The van der Waals surface area contributed by atoms with Gasteiger partial charge in [-0.25, -0.2) is 0 Å². The summed E-state index contributed by atoms with van der Waals surface area (Å²) in [5, 5.41) is 3.16. The Morgan fingerprint density at radius 3 is 2.58 bits per heavy atom. The number of nitrogens with zero attached hydrogens (tertiary/aromatic N) is 2. The van der Waals surface area contributed by atoms with Crippen molar-refractivity contribution in [2.24, 2.45) is 0 Å². The molecule has 1 aromatic carbocycles. The molecule has 0 bridgehead atoms. The van der Waals surface area contributed by atoms with Crippen LogP contribution in [0.25, 0.3) is 0 Å². The second-order valence-electron chi connectivity index (χ2n) is 5.12. The maximum atomic E-state index is 12.0. The standard InChI is InChI=1S/C15H23N3O/c1-4-12-5-7-13(8-6-12)18-10-14(9-16-2)17(3)15(19)11-18/h5-8,14,16H,4,9-11H2,1-3H3. The van der Waals surface area contributed by atoms with Gasteiger partial charge in [-0.2, -0.15) is 0 Å². The van der Waals surface area contributed by atoms with Gasteiger partial charge in [0.1, 0.15) is 0 Å². The van der Waals surface area contributed by atoms with E-state index in [1.165, 1.54) is 5.56 Å². The lowest BCUT2D eigenvalue weighted by molar-refractivity contribution is -0.131. The quantitative estimate of drug-likeness (QED) is 0.882. The van der Waals surface area contributed by atoms with E-state index in [0.29, 0.717) is 6.54 Å². The molecule has 1 atom stereocenters. The topological polar surface area (TPSA) is 35.6 Å². The summed E-state index contributed by atoms with van der Waals surface area (Å²) in [4.78, 5) is 16.1. The Morgan fingerprint density at radius 2 is 2.00 bits per heavy atom. The average molecular weight is 261 g/mol. The summed E-state index contributed by atoms with van der Waals surface area (Å²) in [6.45, 7) is 4.33. The summed E-state index contributed by atoms with van der Waals surface area (Å²) in [5.74, 6) is 0.186. The van der Waals surface area contributed by atoms with Crippen LogP contribution in [0.15, 0.2) is 24.3 Å². The van der Waals surface area contributed by atoms with Crippen molar-refractivity contribution in [3.8, 4) is 0 Å². The molecule has 0 radical (unpaired) electrons. The molecule has 1 saturated heterocycles. The number of nitrogens with one attached hydrogen (secondary N) is 1. The van der Waals surface area contributed by atoms with Gasteiger partial charge in [0, 0.05) is 25.8 Å². The predicted molar refractivity (Wildman–Crippen MR) is 78.5 cm³/mol. The molecule has 1 heterocycles. The number of carbonyl (C=O) groups is 1. The lowest BCUT2D eigenvalue weighted by Crippen LogP contribution is -2.57. The third-order valence-corrected chi connectivity index (χ3v) is 3.85. The summed E-state index contributed by atoms with van der Waals surface area (Å²) < 4.78 is 0. The highest BCUT2D eigenvalue weighted by Gasteiger charge is 2.29. The zero-order chi connectivity index (χ0) is 13.8. The largest absolute Gasteiger partial charge is 0.360 e. The molecule has 0 aliphatic carbocycles. The van der Waals surface area contributed by atoms with Gasteiger partial charge in [-0.3, -0.25) is 4.79 Å². The molecule has 1 aliphatic rings. The molecule has 0 aromatic heterocycles. The number of carbonyl (C=O) groups excluding carboxylic acids is 1. The number of rotatable bonds is 4. The van der Waals surface area contributed by atoms with Crippen molar-refractivity contribution in [2.75, 3.05) is 38.6 Å². The van der Waals surface area contributed by atoms with Crippen LogP contribution in [0.2, 0.25) is 0 Å². The number of hydrogen-bond donors (Lipinski definition) is 1. The van der Waals surface area contributed by atoms with Crippen LogP contribution >= 0.6 is 0 Å². The summed E-state index contributed by atoms with van der Waals surface area (Å²) in [6, 6.07) is 8.76. The molecule has 4 nitrogen and oxygen atoms in total. The first-order chi connectivity index (χ1) is 9.15. The second-order valence-corrected chi connectivity index (χ2v) is 5.12. The molecule has 1 fully saturated rings. The SMILES string of the molecule is CCc1ccc(N2CC(=O)N(C)C(CNC)C2)cc1. The summed E-state index contributed by atoms with van der Waals surface area (Å²) in [5.41, 5.74) is 2.47. The Kier molecular flexibility index (Phi) is 4.43. The van der Waals surface area contributed by atoms with E-state index in [-0.39, 0.29) is 11.9 Å². The van der Waals surface area contributed by atoms with Gasteiger partial charge in [0.25, 0.3) is 0 Å². The van der Waals surface area contributed by atoms with Crippen LogP contribution in [0.1, 0.15) is 12.5 Å². The van der Waals surface area contributed by atoms with E-state index in [1.807, 2.05) is 19.0 Å². The maximum absolute atomic E-state index is 12.0. The number of benzene rings is 1. The smallest absolute Gasteiger partial charge is 0.242 e. The van der Waals surface area contributed by atoms with E-state index >= 15 is 0 Å². The zero-order valence-electron chi connectivity index (χ0n) is 12.0. The zero-order valence-corrected chi connectivity index (χ0v) is 12.0. The molecule has 4 heteroatoms. The van der Waals surface area contributed by atoms with Gasteiger partial charge in [-0.1, -0.05) is 19.1 Å². The summed E-state index contributed by atoms with van der Waals surface area (Å²) >= 11 is 0. The van der Waals surface area contributed by atoms with Crippen LogP contribution in [0, 0.1) is 0 Å². The minimum atomic E-state index is 0.186. The molecule has 19 heavy (non-hydrogen) atoms. The summed E-state index contributed by atoms with van der Waals surface area (Å²) in [7, 11) is 3.81. The minimum absolute atomic E-state index is 0.186. The van der Waals surface area contributed by atoms with Crippen molar-refractivity contribution in [2.45, 2.75) is 19.4 Å². The lowest BCUT2D eigenvalue weighted by atomic mass is 10.1. The molecular formula is C15H23N3O. The molecule has 104 valence electrons. The van der Waals surface area contributed by atoms with E-state index in [4.69, 9.17) is 0 Å². The highest BCUT2D eigenvalue weighted by atomic mass is 16.2. The molecule has 1 unspecified atom stereocenters. The van der Waals surface area contributed by atoms with E-state index in [1.54, 1.807) is 0 Å². The Bertz CT molecular complexity index is 430. The molecule has 1 amide bonds. The third kappa shape index (κ3) is 3.07. The van der Waals surface area contributed by atoms with E-state index in [9.17, 15) is 4.79 Å². The molecule has 1 aliphatic heterocycles. The first kappa shape index (κ1) is 13.9. The third-order valence-electron chi connectivity index (χ3n) is 3.85. The minimum Gasteiger partial charge on any atom is -0.360 e.